The van der Waals surface area contributed by atoms with Gasteiger partial charge in [0.2, 0.25) is 5.13 Å². The smallest absolute Gasteiger partial charge is 0.268 e. The second-order valence-corrected chi connectivity index (χ2v) is 9.20. The minimum Gasteiger partial charge on any atom is -0.493 e. The van der Waals surface area contributed by atoms with Crippen molar-refractivity contribution < 1.29 is 19.0 Å². The number of aromatic nitrogens is 2. The third kappa shape index (κ3) is 6.55. The predicted molar refractivity (Wildman–Crippen MR) is 147 cm³/mol. The molecule has 0 aliphatic rings. The molecule has 0 unspecified atom stereocenters. The Morgan fingerprint density at radius 1 is 0.947 bits per heavy atom. The van der Waals surface area contributed by atoms with E-state index in [0.717, 1.165) is 22.4 Å². The molecular formula is C29H26N4O4S. The molecule has 0 atom stereocenters. The molecule has 0 saturated carbocycles. The lowest BCUT2D eigenvalue weighted by Gasteiger charge is -2.13. The van der Waals surface area contributed by atoms with E-state index in [1.54, 1.807) is 18.2 Å². The molecule has 9 heteroatoms. The number of carbonyl (C=O) groups is 1. The first-order valence-electron chi connectivity index (χ1n) is 11.8. The van der Waals surface area contributed by atoms with Gasteiger partial charge in [0, 0.05) is 5.56 Å². The van der Waals surface area contributed by atoms with Gasteiger partial charge in [-0.15, -0.1) is 10.2 Å². The number of rotatable bonds is 10. The van der Waals surface area contributed by atoms with Crippen molar-refractivity contribution in [2.75, 3.05) is 25.6 Å². The molecule has 1 aromatic heterocycles. The number of hydrogen-bond acceptors (Lipinski definition) is 8. The Hall–Kier alpha value is -4.68. The molecule has 1 heterocycles. The van der Waals surface area contributed by atoms with Crippen molar-refractivity contribution >= 4 is 28.5 Å². The fraction of sp³-hybridized carbons (Fsp3) is 0.172. The summed E-state index contributed by atoms with van der Waals surface area (Å²) in [6.45, 7) is 4.65. The number of nitriles is 1. The number of para-hydroxylation sites is 1. The van der Waals surface area contributed by atoms with Gasteiger partial charge in [-0.25, -0.2) is 0 Å². The molecule has 0 fully saturated rings. The van der Waals surface area contributed by atoms with Crippen LogP contribution in [0.15, 0.2) is 72.3 Å². The number of anilines is 1. The zero-order valence-corrected chi connectivity index (χ0v) is 22.0. The van der Waals surface area contributed by atoms with Crippen molar-refractivity contribution in [2.45, 2.75) is 13.8 Å². The summed E-state index contributed by atoms with van der Waals surface area (Å²) in [5.74, 6) is 1.23. The number of hydrogen-bond donors (Lipinski definition) is 1. The van der Waals surface area contributed by atoms with Crippen LogP contribution in [0.25, 0.3) is 16.6 Å². The third-order valence-corrected chi connectivity index (χ3v) is 6.45. The molecule has 0 bridgehead atoms. The molecular weight excluding hydrogens is 500 g/mol. The summed E-state index contributed by atoms with van der Waals surface area (Å²) >= 11 is 1.24. The van der Waals surface area contributed by atoms with E-state index in [2.05, 4.69) is 15.5 Å². The molecule has 1 N–H and O–H groups in total. The van der Waals surface area contributed by atoms with Crippen LogP contribution in [-0.4, -0.2) is 36.4 Å². The predicted octanol–water partition coefficient (Wildman–Crippen LogP) is 5.83. The Morgan fingerprint density at radius 2 is 1.66 bits per heavy atom. The number of carbonyl (C=O) groups excluding carboxylic acids is 1. The highest BCUT2D eigenvalue weighted by molar-refractivity contribution is 7.18. The van der Waals surface area contributed by atoms with Gasteiger partial charge in [-0.1, -0.05) is 59.9 Å². The molecule has 0 aliphatic carbocycles. The quantitative estimate of drug-likeness (QED) is 0.157. The van der Waals surface area contributed by atoms with Crippen LogP contribution in [0.2, 0.25) is 0 Å². The lowest BCUT2D eigenvalue weighted by atomic mass is 10.1. The molecule has 0 saturated heterocycles. The maximum atomic E-state index is 12.8. The van der Waals surface area contributed by atoms with Crippen molar-refractivity contribution in [1.29, 1.82) is 5.26 Å². The van der Waals surface area contributed by atoms with E-state index in [1.807, 2.05) is 68.4 Å². The second kappa shape index (κ2) is 12.5. The van der Waals surface area contributed by atoms with Crippen LogP contribution in [0.4, 0.5) is 5.13 Å². The number of methoxy groups -OCH3 is 1. The molecule has 0 aliphatic heterocycles. The number of ether oxygens (including phenoxy) is 3. The Kier molecular flexibility index (Phi) is 8.69. The Morgan fingerprint density at radius 3 is 2.37 bits per heavy atom. The van der Waals surface area contributed by atoms with Gasteiger partial charge in [-0.05, 0) is 54.8 Å². The molecule has 8 nitrogen and oxygen atoms in total. The molecule has 38 heavy (non-hydrogen) atoms. The fourth-order valence-corrected chi connectivity index (χ4v) is 4.42. The van der Waals surface area contributed by atoms with E-state index in [9.17, 15) is 10.1 Å². The van der Waals surface area contributed by atoms with Crippen molar-refractivity contribution in [2.24, 2.45) is 0 Å². The summed E-state index contributed by atoms with van der Waals surface area (Å²) in [6, 6.07) is 22.7. The zero-order valence-electron chi connectivity index (χ0n) is 21.2. The minimum absolute atomic E-state index is 0.0833. The van der Waals surface area contributed by atoms with E-state index in [1.165, 1.54) is 24.5 Å². The van der Waals surface area contributed by atoms with E-state index in [0.29, 0.717) is 40.4 Å². The average molecular weight is 527 g/mol. The van der Waals surface area contributed by atoms with Gasteiger partial charge in [0.05, 0.1) is 7.11 Å². The van der Waals surface area contributed by atoms with E-state index < -0.39 is 5.91 Å². The van der Waals surface area contributed by atoms with Gasteiger partial charge in [0.15, 0.2) is 11.5 Å². The second-order valence-electron chi connectivity index (χ2n) is 8.22. The van der Waals surface area contributed by atoms with E-state index in [-0.39, 0.29) is 5.57 Å². The maximum absolute atomic E-state index is 12.8. The van der Waals surface area contributed by atoms with Gasteiger partial charge < -0.3 is 14.2 Å². The SMILES string of the molecule is COc1cc(/C=C(/C#N)C(=O)Nc2nnc(-c3ccccc3C)s2)ccc1OCCOc1ccccc1C. The lowest BCUT2D eigenvalue weighted by Crippen LogP contribution is -2.13. The minimum atomic E-state index is -0.576. The zero-order chi connectivity index (χ0) is 26.9. The lowest BCUT2D eigenvalue weighted by molar-refractivity contribution is -0.112. The van der Waals surface area contributed by atoms with Crippen LogP contribution in [0.5, 0.6) is 17.2 Å². The topological polar surface area (TPSA) is 106 Å². The highest BCUT2D eigenvalue weighted by Crippen LogP contribution is 2.30. The monoisotopic (exact) mass is 526 g/mol. The summed E-state index contributed by atoms with van der Waals surface area (Å²) in [7, 11) is 1.53. The molecule has 0 spiro atoms. The van der Waals surface area contributed by atoms with Gasteiger partial charge in [0.1, 0.15) is 35.6 Å². The number of nitrogens with one attached hydrogen (secondary N) is 1. The standard InChI is InChI=1S/C29H26N4O4S/c1-19-8-4-6-10-23(19)28-32-33-29(38-28)31-27(34)22(18-30)16-21-12-13-25(26(17-21)35-3)37-15-14-36-24-11-7-5-9-20(24)2/h4-13,16-17H,14-15H2,1-3H3,(H,31,33,34)/b22-16-. The molecule has 1 amide bonds. The largest absolute Gasteiger partial charge is 0.493 e. The average Bonchev–Trinajstić information content (AvgIpc) is 3.39. The van der Waals surface area contributed by atoms with E-state index in [4.69, 9.17) is 14.2 Å². The van der Waals surface area contributed by atoms with Crippen molar-refractivity contribution in [3.8, 4) is 33.9 Å². The normalized spacial score (nSPS) is 10.9. The van der Waals surface area contributed by atoms with Gasteiger partial charge in [-0.3, -0.25) is 10.1 Å². The number of amides is 1. The fourth-order valence-electron chi connectivity index (χ4n) is 3.59. The van der Waals surface area contributed by atoms with Gasteiger partial charge >= 0.3 is 0 Å². The number of nitrogens with zero attached hydrogens (tertiary/aromatic N) is 3. The summed E-state index contributed by atoms with van der Waals surface area (Å²) in [5.41, 5.74) is 3.57. The third-order valence-electron chi connectivity index (χ3n) is 5.58. The summed E-state index contributed by atoms with van der Waals surface area (Å²) in [4.78, 5) is 12.8. The van der Waals surface area contributed by atoms with Crippen LogP contribution in [0.3, 0.4) is 0 Å². The van der Waals surface area contributed by atoms with Crippen LogP contribution in [0.1, 0.15) is 16.7 Å². The first-order valence-corrected chi connectivity index (χ1v) is 12.6. The maximum Gasteiger partial charge on any atom is 0.268 e. The van der Waals surface area contributed by atoms with Crippen molar-refractivity contribution in [3.63, 3.8) is 0 Å². The number of aryl methyl sites for hydroxylation is 2. The first kappa shape index (κ1) is 26.4. The molecule has 4 rings (SSSR count). The van der Waals surface area contributed by atoms with Gasteiger partial charge in [-0.2, -0.15) is 5.26 Å². The Bertz CT molecular complexity index is 1510. The molecule has 4 aromatic rings. The Labute approximate surface area is 225 Å². The van der Waals surface area contributed by atoms with Crippen LogP contribution >= 0.6 is 11.3 Å². The van der Waals surface area contributed by atoms with Crippen LogP contribution < -0.4 is 19.5 Å². The van der Waals surface area contributed by atoms with Crippen LogP contribution in [-0.2, 0) is 4.79 Å². The highest BCUT2D eigenvalue weighted by atomic mass is 32.1. The van der Waals surface area contributed by atoms with E-state index >= 15 is 0 Å². The highest BCUT2D eigenvalue weighted by Gasteiger charge is 2.15. The first-order chi connectivity index (χ1) is 18.5. The molecule has 192 valence electrons. The molecule has 3 aromatic carbocycles. The van der Waals surface area contributed by atoms with Gasteiger partial charge in [0.25, 0.3) is 5.91 Å². The van der Waals surface area contributed by atoms with Crippen molar-refractivity contribution in [3.05, 3.63) is 89.0 Å². The molecule has 0 radical (unpaired) electrons. The Balaban J connectivity index is 1.39. The summed E-state index contributed by atoms with van der Waals surface area (Å²) in [5, 5.41) is 21.5. The van der Waals surface area contributed by atoms with Crippen molar-refractivity contribution in [1.82, 2.24) is 10.2 Å². The number of benzene rings is 3. The summed E-state index contributed by atoms with van der Waals surface area (Å²) < 4.78 is 17.0. The summed E-state index contributed by atoms with van der Waals surface area (Å²) in [6.07, 6.45) is 1.48. The van der Waals surface area contributed by atoms with Crippen LogP contribution in [0, 0.1) is 25.2 Å².